The minimum absolute atomic E-state index is 0.0685. The molecule has 3 aromatic rings. The highest BCUT2D eigenvalue weighted by Gasteiger charge is 2.14. The highest BCUT2D eigenvalue weighted by atomic mass is 16.3. The van der Waals surface area contributed by atoms with Crippen molar-refractivity contribution in [2.75, 3.05) is 19.7 Å². The Morgan fingerprint density at radius 1 is 1.10 bits per heavy atom. The number of nitrogens with zero attached hydrogens (tertiary/aromatic N) is 3. The highest BCUT2D eigenvalue weighted by molar-refractivity contribution is 5.94. The van der Waals surface area contributed by atoms with E-state index in [-0.39, 0.29) is 12.5 Å². The summed E-state index contributed by atoms with van der Waals surface area (Å²) >= 11 is 0. The molecule has 0 saturated carbocycles. The summed E-state index contributed by atoms with van der Waals surface area (Å²) in [6.07, 6.45) is 3.93. The van der Waals surface area contributed by atoms with Gasteiger partial charge in [0.1, 0.15) is 0 Å². The zero-order valence-corrected chi connectivity index (χ0v) is 17.0. The Labute approximate surface area is 171 Å². The second kappa shape index (κ2) is 9.85. The van der Waals surface area contributed by atoms with Crippen LogP contribution in [0, 0.1) is 13.8 Å². The van der Waals surface area contributed by atoms with Crippen molar-refractivity contribution < 1.29 is 9.90 Å². The molecule has 0 fully saturated rings. The second-order valence-corrected chi connectivity index (χ2v) is 7.07. The summed E-state index contributed by atoms with van der Waals surface area (Å²) in [5.41, 5.74) is 4.89. The van der Waals surface area contributed by atoms with Gasteiger partial charge in [0.15, 0.2) is 0 Å². The Morgan fingerprint density at radius 2 is 1.83 bits per heavy atom. The number of benzene rings is 2. The van der Waals surface area contributed by atoms with E-state index < -0.39 is 0 Å². The quantitative estimate of drug-likeness (QED) is 0.639. The molecule has 0 aliphatic rings. The Bertz CT molecular complexity index is 960. The fraction of sp³-hybridized carbons (Fsp3) is 0.250. The Hall–Kier alpha value is -3.18. The van der Waals surface area contributed by atoms with Crippen molar-refractivity contribution >= 4 is 12.0 Å². The van der Waals surface area contributed by atoms with Crippen molar-refractivity contribution in [3.63, 3.8) is 0 Å². The fourth-order valence-corrected chi connectivity index (χ4v) is 3.22. The molecule has 2 aromatic carbocycles. The summed E-state index contributed by atoms with van der Waals surface area (Å²) in [7, 11) is 0. The van der Waals surface area contributed by atoms with E-state index >= 15 is 0 Å². The topological polar surface area (TPSA) is 58.4 Å². The molecule has 1 heterocycles. The molecule has 150 valence electrons. The Kier molecular flexibility index (Phi) is 6.98. The predicted molar refractivity (Wildman–Crippen MR) is 116 cm³/mol. The van der Waals surface area contributed by atoms with E-state index in [0.717, 1.165) is 22.5 Å². The lowest BCUT2D eigenvalue weighted by molar-refractivity contribution is 0.0743. The van der Waals surface area contributed by atoms with Crippen LogP contribution in [0.15, 0.2) is 66.7 Å². The van der Waals surface area contributed by atoms with Crippen molar-refractivity contribution in [3.8, 4) is 0 Å². The molecule has 3 rings (SSSR count). The van der Waals surface area contributed by atoms with E-state index in [1.54, 1.807) is 4.90 Å². The van der Waals surface area contributed by atoms with E-state index in [4.69, 9.17) is 0 Å². The predicted octanol–water partition coefficient (Wildman–Crippen LogP) is 3.70. The standard InChI is InChI=1S/C24H27N3O2/c1-19-17-20(2)27(25-19)18-22-10-12-23(13-11-22)24(29)26(15-16-28)14-6-9-21-7-4-3-5-8-21/h3-13,17,28H,14-16,18H2,1-2H3/b9-6+. The number of hydrogen-bond acceptors (Lipinski definition) is 3. The van der Waals surface area contributed by atoms with Gasteiger partial charge in [-0.2, -0.15) is 5.10 Å². The van der Waals surface area contributed by atoms with E-state index in [1.807, 2.05) is 91.3 Å². The van der Waals surface area contributed by atoms with Gasteiger partial charge in [-0.1, -0.05) is 54.6 Å². The molecule has 0 aliphatic heterocycles. The average Bonchev–Trinajstić information content (AvgIpc) is 3.05. The zero-order chi connectivity index (χ0) is 20.6. The van der Waals surface area contributed by atoms with Gasteiger partial charge in [0.05, 0.1) is 18.8 Å². The number of aromatic nitrogens is 2. The van der Waals surface area contributed by atoms with Crippen molar-refractivity contribution in [2.45, 2.75) is 20.4 Å². The number of hydrogen-bond donors (Lipinski definition) is 1. The van der Waals surface area contributed by atoms with E-state index in [1.165, 1.54) is 0 Å². The monoisotopic (exact) mass is 389 g/mol. The zero-order valence-electron chi connectivity index (χ0n) is 17.0. The molecule has 0 spiro atoms. The molecule has 1 N–H and O–H groups in total. The molecule has 1 amide bonds. The van der Waals surface area contributed by atoms with Crippen LogP contribution in [0.4, 0.5) is 0 Å². The van der Waals surface area contributed by atoms with Crippen LogP contribution >= 0.6 is 0 Å². The van der Waals surface area contributed by atoms with Crippen LogP contribution in [0.3, 0.4) is 0 Å². The molecule has 0 bridgehead atoms. The van der Waals surface area contributed by atoms with E-state index in [9.17, 15) is 9.90 Å². The van der Waals surface area contributed by atoms with Crippen LogP contribution in [0.25, 0.3) is 6.08 Å². The van der Waals surface area contributed by atoms with Crippen LogP contribution in [0.5, 0.6) is 0 Å². The smallest absolute Gasteiger partial charge is 0.254 e. The summed E-state index contributed by atoms with van der Waals surface area (Å²) in [4.78, 5) is 14.5. The maximum atomic E-state index is 12.9. The number of amides is 1. The lowest BCUT2D eigenvalue weighted by atomic mass is 10.1. The lowest BCUT2D eigenvalue weighted by Crippen LogP contribution is -2.33. The molecular formula is C24H27N3O2. The summed E-state index contributed by atoms with van der Waals surface area (Å²) < 4.78 is 1.96. The third kappa shape index (κ3) is 5.65. The molecule has 0 unspecified atom stereocenters. The van der Waals surface area contributed by atoms with Gasteiger partial charge in [0.25, 0.3) is 5.91 Å². The third-order valence-electron chi connectivity index (χ3n) is 4.73. The SMILES string of the molecule is Cc1cc(C)n(Cc2ccc(C(=O)N(C/C=C/c3ccccc3)CCO)cc2)n1. The maximum absolute atomic E-state index is 12.9. The molecule has 1 aromatic heterocycles. The minimum atomic E-state index is -0.0885. The van der Waals surface area contributed by atoms with Crippen molar-refractivity contribution in [2.24, 2.45) is 0 Å². The lowest BCUT2D eigenvalue weighted by Gasteiger charge is -2.20. The van der Waals surface area contributed by atoms with Gasteiger partial charge < -0.3 is 10.0 Å². The van der Waals surface area contributed by atoms with Crippen LogP contribution in [0.2, 0.25) is 0 Å². The van der Waals surface area contributed by atoms with Crippen LogP contribution in [-0.4, -0.2) is 45.4 Å². The molecule has 0 radical (unpaired) electrons. The number of rotatable bonds is 8. The maximum Gasteiger partial charge on any atom is 0.254 e. The number of carbonyl (C=O) groups excluding carboxylic acids is 1. The van der Waals surface area contributed by atoms with Gasteiger partial charge in [-0.3, -0.25) is 9.48 Å². The molecule has 29 heavy (non-hydrogen) atoms. The van der Waals surface area contributed by atoms with Gasteiger partial charge in [-0.15, -0.1) is 0 Å². The summed E-state index contributed by atoms with van der Waals surface area (Å²) in [6.45, 7) is 5.36. The van der Waals surface area contributed by atoms with Crippen molar-refractivity contribution in [1.29, 1.82) is 0 Å². The number of aliphatic hydroxyl groups excluding tert-OH is 1. The van der Waals surface area contributed by atoms with Gasteiger partial charge in [0.2, 0.25) is 0 Å². The van der Waals surface area contributed by atoms with Crippen LogP contribution in [-0.2, 0) is 6.54 Å². The van der Waals surface area contributed by atoms with E-state index in [2.05, 4.69) is 5.10 Å². The van der Waals surface area contributed by atoms with E-state index in [0.29, 0.717) is 25.2 Å². The largest absolute Gasteiger partial charge is 0.395 e. The van der Waals surface area contributed by atoms with Crippen LogP contribution < -0.4 is 0 Å². The normalized spacial score (nSPS) is 11.1. The van der Waals surface area contributed by atoms with Crippen molar-refractivity contribution in [1.82, 2.24) is 14.7 Å². The van der Waals surface area contributed by atoms with Crippen molar-refractivity contribution in [3.05, 3.63) is 94.8 Å². The second-order valence-electron chi connectivity index (χ2n) is 7.07. The first kappa shape index (κ1) is 20.6. The number of aryl methyl sites for hydroxylation is 2. The molecule has 0 atom stereocenters. The third-order valence-corrected chi connectivity index (χ3v) is 4.73. The average molecular weight is 389 g/mol. The van der Waals surface area contributed by atoms with Gasteiger partial charge in [0, 0.05) is 24.3 Å². The van der Waals surface area contributed by atoms with Gasteiger partial charge in [-0.05, 0) is 43.2 Å². The number of carbonyl (C=O) groups is 1. The van der Waals surface area contributed by atoms with Gasteiger partial charge >= 0.3 is 0 Å². The molecule has 5 heteroatoms. The highest BCUT2D eigenvalue weighted by Crippen LogP contribution is 2.11. The molecule has 0 saturated heterocycles. The van der Waals surface area contributed by atoms with Gasteiger partial charge in [-0.25, -0.2) is 0 Å². The summed E-state index contributed by atoms with van der Waals surface area (Å²) in [5, 5.41) is 13.8. The summed E-state index contributed by atoms with van der Waals surface area (Å²) in [5.74, 6) is -0.0885. The minimum Gasteiger partial charge on any atom is -0.395 e. The molecule has 0 aliphatic carbocycles. The number of aliphatic hydroxyl groups is 1. The van der Waals surface area contributed by atoms with Crippen LogP contribution in [0.1, 0.15) is 32.9 Å². The Balaban J connectivity index is 1.66. The summed E-state index contributed by atoms with van der Waals surface area (Å²) in [6, 6.07) is 19.6. The first-order valence-corrected chi connectivity index (χ1v) is 9.78. The fourth-order valence-electron chi connectivity index (χ4n) is 3.22. The first-order valence-electron chi connectivity index (χ1n) is 9.78. The first-order chi connectivity index (χ1) is 14.1. The molecular weight excluding hydrogens is 362 g/mol. The Morgan fingerprint density at radius 3 is 2.45 bits per heavy atom. The molecule has 5 nitrogen and oxygen atoms in total.